The van der Waals surface area contributed by atoms with Crippen LogP contribution in [0.5, 0.6) is 0 Å². The highest BCUT2D eigenvalue weighted by molar-refractivity contribution is 9.09. The molecule has 34 heavy (non-hydrogen) atoms. The molecule has 2 aromatic rings. The maximum atomic E-state index is 13.2. The highest BCUT2D eigenvalue weighted by Gasteiger charge is 2.67. The third-order valence-corrected chi connectivity index (χ3v) is 7.50. The van der Waals surface area contributed by atoms with Crippen LogP contribution < -0.4 is 5.11 Å². The van der Waals surface area contributed by atoms with Crippen LogP contribution in [0.4, 0.5) is 4.79 Å². The minimum Gasteiger partial charge on any atom is -0.498 e. The molecule has 0 bridgehead atoms. The monoisotopic (exact) mass is 529 g/mol. The van der Waals surface area contributed by atoms with Gasteiger partial charge in [0.1, 0.15) is 0 Å². The SMILES string of the molecule is CC(C)(C)[N+]1(C(=O)[O-])CCC[C@]1(CC(=O)c1ccc(-c2ccc(C(=O)CBr)cc2)cc1)C(=O)O. The fraction of sp³-hybridized carbons (Fsp3) is 0.385. The molecule has 3 rings (SSSR count). The quantitative estimate of drug-likeness (QED) is 0.328. The number of carboxylic acid groups (broad SMARTS) is 2. The zero-order chi connectivity index (χ0) is 25.3. The molecule has 2 aromatic carbocycles. The van der Waals surface area contributed by atoms with Crippen LogP contribution in [0.15, 0.2) is 48.5 Å². The molecule has 7 nitrogen and oxygen atoms in total. The molecule has 0 aliphatic carbocycles. The molecular weight excluding hydrogens is 502 g/mol. The summed E-state index contributed by atoms with van der Waals surface area (Å²) in [5, 5.41) is 22.8. The molecule has 0 saturated carbocycles. The molecule has 8 heteroatoms. The Kier molecular flexibility index (Phi) is 7.15. The zero-order valence-electron chi connectivity index (χ0n) is 19.5. The summed E-state index contributed by atoms with van der Waals surface area (Å²) in [7, 11) is 0. The van der Waals surface area contributed by atoms with Gasteiger partial charge in [-0.15, -0.1) is 0 Å². The number of carboxylic acids is 1. The van der Waals surface area contributed by atoms with Crippen molar-refractivity contribution in [2.24, 2.45) is 0 Å². The van der Waals surface area contributed by atoms with E-state index in [-0.39, 0.29) is 24.1 Å². The van der Waals surface area contributed by atoms with Gasteiger partial charge in [-0.05, 0) is 31.9 Å². The molecule has 0 radical (unpaired) electrons. The van der Waals surface area contributed by atoms with E-state index in [1.807, 2.05) is 12.1 Å². The minimum absolute atomic E-state index is 0.0203. The van der Waals surface area contributed by atoms with Crippen LogP contribution in [0.2, 0.25) is 0 Å². The lowest BCUT2D eigenvalue weighted by Crippen LogP contribution is -2.77. The number of ketones is 2. The summed E-state index contributed by atoms with van der Waals surface area (Å²) in [5.74, 6) is -1.75. The zero-order valence-corrected chi connectivity index (χ0v) is 21.1. The fourth-order valence-corrected chi connectivity index (χ4v) is 5.57. The maximum Gasteiger partial charge on any atom is 0.366 e. The van der Waals surface area contributed by atoms with Crippen LogP contribution in [0.1, 0.15) is 60.7 Å². The Hall–Kier alpha value is -2.84. The summed E-state index contributed by atoms with van der Waals surface area (Å²) in [5.41, 5.74) is -0.171. The first-order valence-electron chi connectivity index (χ1n) is 11.1. The molecular formula is C26H28BrNO6. The molecule has 2 atom stereocenters. The number of rotatable bonds is 7. The van der Waals surface area contributed by atoms with Crippen LogP contribution in [-0.4, -0.2) is 56.2 Å². The number of amides is 1. The Morgan fingerprint density at radius 2 is 1.41 bits per heavy atom. The molecule has 1 fully saturated rings. The largest absolute Gasteiger partial charge is 0.498 e. The number of benzene rings is 2. The second-order valence-corrected chi connectivity index (χ2v) is 10.3. The maximum absolute atomic E-state index is 13.2. The van der Waals surface area contributed by atoms with E-state index < -0.39 is 39.8 Å². The molecule has 1 saturated heterocycles. The van der Waals surface area contributed by atoms with E-state index >= 15 is 0 Å². The van der Waals surface area contributed by atoms with E-state index in [0.29, 0.717) is 17.5 Å². The third kappa shape index (κ3) is 4.20. The van der Waals surface area contributed by atoms with Crippen LogP contribution in [0.3, 0.4) is 0 Å². The molecule has 1 N–H and O–H groups in total. The third-order valence-electron chi connectivity index (χ3n) is 6.99. The Balaban J connectivity index is 1.90. The smallest absolute Gasteiger partial charge is 0.366 e. The number of aliphatic carboxylic acids is 1. The van der Waals surface area contributed by atoms with Gasteiger partial charge in [0, 0.05) is 24.0 Å². The average molecular weight is 530 g/mol. The number of quaternary nitrogens is 1. The summed E-state index contributed by atoms with van der Waals surface area (Å²) in [4.78, 5) is 49.9. The molecule has 1 heterocycles. The lowest BCUT2D eigenvalue weighted by Gasteiger charge is -2.53. The van der Waals surface area contributed by atoms with Crippen molar-refractivity contribution in [2.75, 3.05) is 11.9 Å². The van der Waals surface area contributed by atoms with Crippen molar-refractivity contribution in [1.29, 1.82) is 0 Å². The highest BCUT2D eigenvalue weighted by Crippen LogP contribution is 2.47. The number of alkyl halides is 1. The van der Waals surface area contributed by atoms with Gasteiger partial charge in [0.05, 0.1) is 23.8 Å². The van der Waals surface area contributed by atoms with Gasteiger partial charge in [-0.1, -0.05) is 64.5 Å². The summed E-state index contributed by atoms with van der Waals surface area (Å²) < 4.78 is -0.793. The van der Waals surface area contributed by atoms with E-state index in [0.717, 1.165) is 11.1 Å². The average Bonchev–Trinajstić information content (AvgIpc) is 3.20. The van der Waals surface area contributed by atoms with E-state index in [4.69, 9.17) is 0 Å². The number of likely N-dealkylation sites (tertiary alicyclic amines) is 1. The second kappa shape index (κ2) is 9.43. The van der Waals surface area contributed by atoms with Gasteiger partial charge in [0.15, 0.2) is 11.6 Å². The van der Waals surface area contributed by atoms with Crippen molar-refractivity contribution in [3.63, 3.8) is 0 Å². The van der Waals surface area contributed by atoms with E-state index in [1.54, 1.807) is 57.2 Å². The number of carbonyl (C=O) groups is 4. The standard InChI is InChI=1S/C26H28BrNO6/c1-25(2,3)28(24(33)34)14-4-13-26(28,23(31)32)15-21(29)19-9-5-17(6-10-19)18-7-11-20(12-8-18)22(30)16-27/h5-12H,4,13-16H2,1-3H3,(H-,31,32,33,34)/t26-,28?/m0/s1. The Bertz CT molecular complexity index is 1120. The summed E-state index contributed by atoms with van der Waals surface area (Å²) in [6, 6.07) is 13.8. The molecule has 1 amide bonds. The Labute approximate surface area is 207 Å². The van der Waals surface area contributed by atoms with E-state index in [2.05, 4.69) is 15.9 Å². The van der Waals surface area contributed by atoms with Crippen molar-refractivity contribution >= 4 is 39.6 Å². The second-order valence-electron chi connectivity index (χ2n) is 9.72. The van der Waals surface area contributed by atoms with Gasteiger partial charge in [-0.2, -0.15) is 0 Å². The van der Waals surface area contributed by atoms with Crippen LogP contribution in [0.25, 0.3) is 11.1 Å². The predicted molar refractivity (Wildman–Crippen MR) is 129 cm³/mol. The van der Waals surface area contributed by atoms with Gasteiger partial charge in [-0.3, -0.25) is 14.1 Å². The van der Waals surface area contributed by atoms with Crippen LogP contribution in [0, 0.1) is 0 Å². The minimum atomic E-state index is -1.80. The first-order chi connectivity index (χ1) is 15.9. The van der Waals surface area contributed by atoms with Gasteiger partial charge in [0.2, 0.25) is 5.54 Å². The molecule has 1 unspecified atom stereocenters. The van der Waals surface area contributed by atoms with Gasteiger partial charge in [-0.25, -0.2) is 4.79 Å². The summed E-state index contributed by atoms with van der Waals surface area (Å²) in [6.45, 7) is 5.10. The van der Waals surface area contributed by atoms with Crippen molar-refractivity contribution in [3.05, 3.63) is 59.7 Å². The molecule has 0 aromatic heterocycles. The fourth-order valence-electron chi connectivity index (χ4n) is 5.24. The number of carbonyl (C=O) groups excluding carboxylic acids is 3. The lowest BCUT2D eigenvalue weighted by molar-refractivity contribution is -0.944. The van der Waals surface area contributed by atoms with Crippen LogP contribution >= 0.6 is 15.9 Å². The molecule has 0 spiro atoms. The van der Waals surface area contributed by atoms with Gasteiger partial charge in [0.25, 0.3) is 6.09 Å². The number of Topliss-reactive ketones (excluding diaryl/α,β-unsaturated/α-hetero) is 2. The van der Waals surface area contributed by atoms with E-state index in [9.17, 15) is 29.4 Å². The van der Waals surface area contributed by atoms with Gasteiger partial charge < -0.3 is 15.0 Å². The van der Waals surface area contributed by atoms with Gasteiger partial charge >= 0.3 is 5.97 Å². The molecule has 180 valence electrons. The summed E-state index contributed by atoms with van der Waals surface area (Å²) >= 11 is 3.15. The molecule has 1 aliphatic rings. The van der Waals surface area contributed by atoms with Crippen molar-refractivity contribution in [2.45, 2.75) is 51.1 Å². The number of nitrogens with zero attached hydrogens (tertiary/aromatic N) is 1. The highest BCUT2D eigenvalue weighted by atomic mass is 79.9. The number of hydrogen-bond acceptors (Lipinski definition) is 5. The van der Waals surface area contributed by atoms with Crippen LogP contribution in [-0.2, 0) is 4.79 Å². The van der Waals surface area contributed by atoms with Crippen molar-refractivity contribution in [3.8, 4) is 11.1 Å². The Morgan fingerprint density at radius 1 is 0.941 bits per heavy atom. The first kappa shape index (κ1) is 25.8. The molecule has 1 aliphatic heterocycles. The van der Waals surface area contributed by atoms with Crippen molar-refractivity contribution < 1.29 is 33.9 Å². The topological polar surface area (TPSA) is 112 Å². The lowest BCUT2D eigenvalue weighted by atomic mass is 9.82. The Morgan fingerprint density at radius 3 is 1.79 bits per heavy atom. The number of halogens is 1. The summed E-state index contributed by atoms with van der Waals surface area (Å²) in [6.07, 6.45) is -1.46. The predicted octanol–water partition coefficient (Wildman–Crippen LogP) is 4.08. The van der Waals surface area contributed by atoms with Crippen molar-refractivity contribution in [1.82, 2.24) is 0 Å². The van der Waals surface area contributed by atoms with E-state index in [1.165, 1.54) is 0 Å². The normalized spacial score (nSPS) is 22.4. The number of hydrogen-bond donors (Lipinski definition) is 1. The first-order valence-corrected chi connectivity index (χ1v) is 12.2.